The number of hydrogen-bond acceptors (Lipinski definition) is 5. The minimum Gasteiger partial charge on any atom is -0.450 e. The molecule has 0 saturated heterocycles. The number of nitrogens with zero attached hydrogens (tertiary/aromatic N) is 2. The molecule has 0 fully saturated rings. The van der Waals surface area contributed by atoms with Gasteiger partial charge in [0.2, 0.25) is 0 Å². The molecule has 0 spiro atoms. The first-order valence-electron chi connectivity index (χ1n) is 6.36. The second-order valence-corrected chi connectivity index (χ2v) is 4.14. The van der Waals surface area contributed by atoms with Gasteiger partial charge in [0.25, 0.3) is 5.91 Å². The van der Waals surface area contributed by atoms with E-state index in [-0.39, 0.29) is 12.3 Å². The zero-order valence-electron chi connectivity index (χ0n) is 11.9. The highest BCUT2D eigenvalue weighted by Gasteiger charge is 2.29. The lowest BCUT2D eigenvalue weighted by Crippen LogP contribution is -2.36. The molecular weight excluding hydrogens is 315 g/mol. The second kappa shape index (κ2) is 7.93. The van der Waals surface area contributed by atoms with Crippen molar-refractivity contribution in [2.75, 3.05) is 6.61 Å². The number of imide groups is 1. The van der Waals surface area contributed by atoms with E-state index in [0.717, 1.165) is 30.5 Å². The number of nitriles is 1. The monoisotopic (exact) mass is 327 g/mol. The molecule has 1 aromatic rings. The van der Waals surface area contributed by atoms with Crippen molar-refractivity contribution in [3.63, 3.8) is 0 Å². The van der Waals surface area contributed by atoms with Crippen LogP contribution in [0.5, 0.6) is 0 Å². The van der Waals surface area contributed by atoms with Crippen LogP contribution in [0, 0.1) is 17.2 Å². The van der Waals surface area contributed by atoms with Gasteiger partial charge in [-0.1, -0.05) is 0 Å². The van der Waals surface area contributed by atoms with Crippen molar-refractivity contribution in [1.29, 1.82) is 5.26 Å². The lowest BCUT2D eigenvalue weighted by Gasteiger charge is -2.06. The van der Waals surface area contributed by atoms with Gasteiger partial charge in [0.15, 0.2) is 5.92 Å². The number of amides is 2. The molecule has 0 saturated carbocycles. The van der Waals surface area contributed by atoms with E-state index in [4.69, 9.17) is 5.26 Å². The number of carbonyl (C=O) groups excluding carboxylic acids is 2. The van der Waals surface area contributed by atoms with Crippen molar-refractivity contribution in [3.05, 3.63) is 29.8 Å². The summed E-state index contributed by atoms with van der Waals surface area (Å²) in [7, 11) is 0. The van der Waals surface area contributed by atoms with Crippen LogP contribution in [0.1, 0.15) is 12.5 Å². The van der Waals surface area contributed by atoms with Gasteiger partial charge in [0.05, 0.1) is 23.9 Å². The maximum Gasteiger partial charge on any atom is 0.416 e. The van der Waals surface area contributed by atoms with Crippen LogP contribution in [0.2, 0.25) is 0 Å². The third kappa shape index (κ3) is 5.78. The first-order chi connectivity index (χ1) is 10.8. The lowest BCUT2D eigenvalue weighted by atomic mass is 10.1. The maximum absolute atomic E-state index is 12.4. The minimum atomic E-state index is -4.46. The molecule has 1 atom stereocenters. The molecule has 0 bridgehead atoms. The number of aliphatic imine (C=N–C) groups is 1. The molecule has 122 valence electrons. The Morgan fingerprint density at radius 1 is 1.39 bits per heavy atom. The number of halogens is 3. The summed E-state index contributed by atoms with van der Waals surface area (Å²) in [6, 6.07) is 5.45. The molecule has 1 unspecified atom stereocenters. The van der Waals surface area contributed by atoms with Gasteiger partial charge in [0, 0.05) is 6.21 Å². The van der Waals surface area contributed by atoms with Crippen LogP contribution in [-0.2, 0) is 15.7 Å². The molecular formula is C14H12F3N3O3. The lowest BCUT2D eigenvalue weighted by molar-refractivity contribution is -0.137. The molecule has 1 aromatic carbocycles. The van der Waals surface area contributed by atoms with Crippen molar-refractivity contribution < 1.29 is 27.5 Å². The fourth-order valence-electron chi connectivity index (χ4n) is 1.40. The number of rotatable bonds is 4. The Hall–Kier alpha value is -2.89. The first-order valence-corrected chi connectivity index (χ1v) is 6.36. The molecule has 9 heteroatoms. The Kier molecular flexibility index (Phi) is 6.26. The highest BCUT2D eigenvalue weighted by Crippen LogP contribution is 2.30. The van der Waals surface area contributed by atoms with Crippen LogP contribution in [0.15, 0.2) is 29.3 Å². The predicted octanol–water partition coefficient (Wildman–Crippen LogP) is 2.82. The highest BCUT2D eigenvalue weighted by atomic mass is 19.4. The van der Waals surface area contributed by atoms with Gasteiger partial charge in [-0.15, -0.1) is 0 Å². The molecule has 0 aliphatic rings. The Bertz CT molecular complexity index is 633. The van der Waals surface area contributed by atoms with Crippen molar-refractivity contribution in [3.8, 4) is 6.07 Å². The van der Waals surface area contributed by atoms with E-state index in [9.17, 15) is 22.8 Å². The van der Waals surface area contributed by atoms with Gasteiger partial charge in [-0.05, 0) is 31.2 Å². The Morgan fingerprint density at radius 3 is 2.48 bits per heavy atom. The average molecular weight is 327 g/mol. The standard InChI is InChI=1S/C14H12F3N3O3/c1-2-23-13(22)20-12(21)9(7-18)8-19-11-5-3-10(4-6-11)14(15,16)17/h3-6,8-9H,2H2,1H3,(H,20,21,22). The fraction of sp³-hybridized carbons (Fsp3) is 0.286. The number of hydrogen-bond donors (Lipinski definition) is 1. The topological polar surface area (TPSA) is 91.5 Å². The molecule has 6 nitrogen and oxygen atoms in total. The number of alkyl carbamates (subject to hydrolysis) is 1. The fourth-order valence-corrected chi connectivity index (χ4v) is 1.40. The second-order valence-electron chi connectivity index (χ2n) is 4.14. The van der Waals surface area contributed by atoms with Crippen LogP contribution >= 0.6 is 0 Å². The average Bonchev–Trinajstić information content (AvgIpc) is 2.47. The van der Waals surface area contributed by atoms with Gasteiger partial charge in [-0.25, -0.2) is 4.79 Å². The zero-order valence-corrected chi connectivity index (χ0v) is 11.9. The third-order valence-electron chi connectivity index (χ3n) is 2.49. The van der Waals surface area contributed by atoms with Crippen molar-refractivity contribution >= 4 is 23.9 Å². The predicted molar refractivity (Wildman–Crippen MR) is 73.9 cm³/mol. The minimum absolute atomic E-state index is 0.0516. The van der Waals surface area contributed by atoms with E-state index < -0.39 is 29.7 Å². The molecule has 2 amide bonds. The summed E-state index contributed by atoms with van der Waals surface area (Å²) in [5.74, 6) is -2.33. The number of benzene rings is 1. The Morgan fingerprint density at radius 2 is 2.00 bits per heavy atom. The Balaban J connectivity index is 2.75. The summed E-state index contributed by atoms with van der Waals surface area (Å²) in [6.45, 7) is 1.59. The summed E-state index contributed by atoms with van der Waals surface area (Å²) in [4.78, 5) is 26.4. The third-order valence-corrected chi connectivity index (χ3v) is 2.49. The molecule has 0 aliphatic heterocycles. The zero-order chi connectivity index (χ0) is 17.5. The molecule has 0 aromatic heterocycles. The molecule has 0 heterocycles. The number of nitrogens with one attached hydrogen (secondary N) is 1. The van der Waals surface area contributed by atoms with E-state index in [1.54, 1.807) is 6.07 Å². The molecule has 1 N–H and O–H groups in total. The van der Waals surface area contributed by atoms with Gasteiger partial charge >= 0.3 is 12.3 Å². The quantitative estimate of drug-likeness (QED) is 0.861. The van der Waals surface area contributed by atoms with Gasteiger partial charge in [-0.3, -0.25) is 15.1 Å². The van der Waals surface area contributed by atoms with Crippen molar-refractivity contribution in [1.82, 2.24) is 5.32 Å². The van der Waals surface area contributed by atoms with Crippen molar-refractivity contribution in [2.24, 2.45) is 10.9 Å². The SMILES string of the molecule is CCOC(=O)NC(=O)C(C#N)C=Nc1ccc(C(F)(F)F)cc1. The van der Waals surface area contributed by atoms with Gasteiger partial charge < -0.3 is 4.74 Å². The van der Waals surface area contributed by atoms with Crippen molar-refractivity contribution in [2.45, 2.75) is 13.1 Å². The van der Waals surface area contributed by atoms with Crippen LogP contribution in [-0.4, -0.2) is 24.8 Å². The molecule has 1 rings (SSSR count). The van der Waals surface area contributed by atoms with Crippen LogP contribution in [0.25, 0.3) is 0 Å². The summed E-state index contributed by atoms with van der Waals surface area (Å²) in [5.41, 5.74) is -0.712. The van der Waals surface area contributed by atoms with E-state index in [0.29, 0.717) is 0 Å². The Labute approximate surface area is 129 Å². The van der Waals surface area contributed by atoms with Crippen LogP contribution in [0.4, 0.5) is 23.7 Å². The van der Waals surface area contributed by atoms with Gasteiger partial charge in [-0.2, -0.15) is 18.4 Å². The smallest absolute Gasteiger partial charge is 0.416 e. The molecule has 23 heavy (non-hydrogen) atoms. The van der Waals surface area contributed by atoms with Gasteiger partial charge in [0.1, 0.15) is 0 Å². The van der Waals surface area contributed by atoms with E-state index in [2.05, 4.69) is 9.73 Å². The number of ether oxygens (including phenoxy) is 1. The summed E-state index contributed by atoms with van der Waals surface area (Å²) in [6.07, 6.45) is -4.53. The van der Waals surface area contributed by atoms with Crippen LogP contribution in [0.3, 0.4) is 0 Å². The molecule has 0 radical (unpaired) electrons. The van der Waals surface area contributed by atoms with E-state index in [1.165, 1.54) is 6.92 Å². The maximum atomic E-state index is 12.4. The number of alkyl halides is 3. The van der Waals surface area contributed by atoms with E-state index in [1.807, 2.05) is 5.32 Å². The summed E-state index contributed by atoms with van der Waals surface area (Å²) in [5, 5.41) is 10.7. The summed E-state index contributed by atoms with van der Waals surface area (Å²) >= 11 is 0. The first kappa shape index (κ1) is 18.2. The normalized spacial score (nSPS) is 12.5. The summed E-state index contributed by atoms with van der Waals surface area (Å²) < 4.78 is 41.7. The van der Waals surface area contributed by atoms with Crippen LogP contribution < -0.4 is 5.32 Å². The van der Waals surface area contributed by atoms with E-state index >= 15 is 0 Å². The highest BCUT2D eigenvalue weighted by molar-refractivity contribution is 6.03. The largest absolute Gasteiger partial charge is 0.450 e. The molecule has 0 aliphatic carbocycles. The number of carbonyl (C=O) groups is 2.